The number of pyridine rings is 1. The number of aromatic nitrogens is 1. The Kier molecular flexibility index (Phi) is 4.45. The van der Waals surface area contributed by atoms with Crippen LogP contribution in [0.25, 0.3) is 0 Å². The third-order valence-corrected chi connectivity index (χ3v) is 9.88. The molecule has 0 radical (unpaired) electrons. The molecule has 0 aliphatic heterocycles. The van der Waals surface area contributed by atoms with Crippen LogP contribution in [0.15, 0.2) is 83.7 Å². The average Bonchev–Trinajstić information content (AvgIpc) is 2.57. The molecule has 0 atom stereocenters. The van der Waals surface area contributed by atoms with Crippen LogP contribution < -0.4 is 21.6 Å². The third kappa shape index (κ3) is 2.75. The summed E-state index contributed by atoms with van der Waals surface area (Å²) in [6, 6.07) is 26.8. The molecule has 2 nitrogen and oxygen atoms in total. The normalized spacial score (nSPS) is 12.3. The second kappa shape index (κ2) is 6.52. The number of aromatic amines is 1. The van der Waals surface area contributed by atoms with Gasteiger partial charge in [-0.1, -0.05) is 0 Å². The van der Waals surface area contributed by atoms with Crippen molar-refractivity contribution in [3.05, 3.63) is 89.2 Å². The molecule has 0 saturated carbocycles. The molecule has 3 rings (SSSR count). The number of hydrogen-bond donors (Lipinski definition) is 1. The second-order valence-corrected chi connectivity index (χ2v) is 10.6. The zero-order valence-electron chi connectivity index (χ0n) is 13.5. The molecule has 0 bridgehead atoms. The summed E-state index contributed by atoms with van der Waals surface area (Å²) >= 11 is 0. The summed E-state index contributed by atoms with van der Waals surface area (Å²) in [6.07, 6.45) is 0. The van der Waals surface area contributed by atoms with Crippen molar-refractivity contribution in [2.75, 3.05) is 0 Å². The summed E-state index contributed by atoms with van der Waals surface area (Å²) in [7, 11) is -2.29. The van der Waals surface area contributed by atoms with Crippen LogP contribution in [0.5, 0.6) is 0 Å². The van der Waals surface area contributed by atoms with Gasteiger partial charge >= 0.3 is 137 Å². The zero-order chi connectivity index (χ0) is 16.3. The SMILES string of the molecule is CC(C)[PH](c1ccccc1)(c1ccccc1)c1cccc(=O)[nH]1. The van der Waals surface area contributed by atoms with E-state index in [1.165, 1.54) is 10.6 Å². The molecule has 0 fully saturated rings. The fourth-order valence-electron chi connectivity index (χ4n) is 3.54. The molecule has 3 heteroatoms. The van der Waals surface area contributed by atoms with Gasteiger partial charge < -0.3 is 0 Å². The predicted octanol–water partition coefficient (Wildman–Crippen LogP) is 2.81. The molecule has 1 N–H and O–H groups in total. The number of H-pyrrole nitrogens is 1. The zero-order valence-corrected chi connectivity index (χ0v) is 14.5. The Morgan fingerprint density at radius 3 is 1.70 bits per heavy atom. The molecular weight excluding hydrogens is 301 g/mol. The van der Waals surface area contributed by atoms with Crippen molar-refractivity contribution in [2.24, 2.45) is 0 Å². The molecule has 1 aromatic heterocycles. The van der Waals surface area contributed by atoms with Crippen LogP contribution >= 0.6 is 7.26 Å². The van der Waals surface area contributed by atoms with Crippen molar-refractivity contribution >= 4 is 23.3 Å². The van der Waals surface area contributed by atoms with Crippen molar-refractivity contribution in [3.8, 4) is 0 Å². The molecule has 3 aromatic rings. The predicted molar refractivity (Wildman–Crippen MR) is 102 cm³/mol. The number of benzene rings is 2. The Morgan fingerprint density at radius 2 is 1.26 bits per heavy atom. The monoisotopic (exact) mass is 323 g/mol. The van der Waals surface area contributed by atoms with Crippen LogP contribution in [-0.4, -0.2) is 10.6 Å². The van der Waals surface area contributed by atoms with Crippen LogP contribution in [0.3, 0.4) is 0 Å². The first-order valence-corrected chi connectivity index (χ1v) is 10.0. The molecule has 0 unspecified atom stereocenters. The van der Waals surface area contributed by atoms with E-state index in [1.54, 1.807) is 6.07 Å². The van der Waals surface area contributed by atoms with Crippen LogP contribution in [0, 0.1) is 0 Å². The van der Waals surface area contributed by atoms with Crippen molar-refractivity contribution in [2.45, 2.75) is 19.5 Å². The Bertz CT molecular complexity index is 785. The van der Waals surface area contributed by atoms with E-state index >= 15 is 0 Å². The molecule has 0 aliphatic rings. The quantitative estimate of drug-likeness (QED) is 0.736. The first-order chi connectivity index (χ1) is 11.2. The van der Waals surface area contributed by atoms with E-state index in [-0.39, 0.29) is 5.56 Å². The van der Waals surface area contributed by atoms with Gasteiger partial charge in [0, 0.05) is 0 Å². The van der Waals surface area contributed by atoms with Crippen LogP contribution in [0.4, 0.5) is 0 Å². The van der Waals surface area contributed by atoms with Crippen LogP contribution in [-0.2, 0) is 0 Å². The van der Waals surface area contributed by atoms with E-state index in [4.69, 9.17) is 0 Å². The summed E-state index contributed by atoms with van der Waals surface area (Å²) < 4.78 is 0. The Labute approximate surface area is 137 Å². The third-order valence-electron chi connectivity index (χ3n) is 4.52. The Hall–Kier alpha value is -2.18. The maximum atomic E-state index is 12.0. The summed E-state index contributed by atoms with van der Waals surface area (Å²) in [5.41, 5.74) is 1.44. The number of rotatable bonds is 4. The summed E-state index contributed by atoms with van der Waals surface area (Å²) in [5.74, 6) is 0. The standard InChI is InChI=1S/C20H22NOP/c1-16(2)23(17-10-5-3-6-11-17,18-12-7-4-8-13-18)20-15-9-14-19(22)21-20/h3-16,23H,1-2H3,(H,21,22). The molecule has 1 heterocycles. The first-order valence-electron chi connectivity index (χ1n) is 7.96. The molecule has 0 spiro atoms. The van der Waals surface area contributed by atoms with Gasteiger partial charge in [0.05, 0.1) is 0 Å². The van der Waals surface area contributed by atoms with Crippen LogP contribution in [0.1, 0.15) is 13.8 Å². The molecule has 2 aromatic carbocycles. The van der Waals surface area contributed by atoms with E-state index in [2.05, 4.69) is 73.4 Å². The average molecular weight is 323 g/mol. The van der Waals surface area contributed by atoms with Crippen molar-refractivity contribution in [1.82, 2.24) is 4.98 Å². The van der Waals surface area contributed by atoms with Crippen LogP contribution in [0.2, 0.25) is 0 Å². The fourth-order valence-corrected chi connectivity index (χ4v) is 8.56. The minimum atomic E-state index is -2.29. The molecule has 0 saturated heterocycles. The van der Waals surface area contributed by atoms with Gasteiger partial charge in [-0.2, -0.15) is 0 Å². The van der Waals surface area contributed by atoms with E-state index in [0.29, 0.717) is 5.66 Å². The van der Waals surface area contributed by atoms with Gasteiger partial charge in [0.2, 0.25) is 0 Å². The summed E-state index contributed by atoms with van der Waals surface area (Å²) in [4.78, 5) is 15.1. The molecule has 23 heavy (non-hydrogen) atoms. The van der Waals surface area contributed by atoms with Gasteiger partial charge in [-0.15, -0.1) is 0 Å². The van der Waals surface area contributed by atoms with Gasteiger partial charge in [0.15, 0.2) is 0 Å². The van der Waals surface area contributed by atoms with Crippen molar-refractivity contribution < 1.29 is 0 Å². The van der Waals surface area contributed by atoms with Crippen molar-refractivity contribution in [1.29, 1.82) is 0 Å². The topological polar surface area (TPSA) is 32.9 Å². The maximum absolute atomic E-state index is 12.0. The number of hydrogen-bond acceptors (Lipinski definition) is 1. The first kappa shape index (κ1) is 15.7. The Morgan fingerprint density at radius 1 is 0.739 bits per heavy atom. The summed E-state index contributed by atoms with van der Waals surface area (Å²) in [6.45, 7) is 4.52. The van der Waals surface area contributed by atoms with Gasteiger partial charge in [0.1, 0.15) is 0 Å². The van der Waals surface area contributed by atoms with E-state index in [1.807, 2.05) is 18.2 Å². The number of nitrogens with one attached hydrogen (secondary N) is 1. The second-order valence-electron chi connectivity index (χ2n) is 6.12. The van der Waals surface area contributed by atoms with E-state index in [9.17, 15) is 4.79 Å². The minimum absolute atomic E-state index is 0.0353. The van der Waals surface area contributed by atoms with E-state index < -0.39 is 7.26 Å². The summed E-state index contributed by atoms with van der Waals surface area (Å²) in [5, 5.41) is 2.64. The van der Waals surface area contributed by atoms with Gasteiger partial charge in [-0.3, -0.25) is 0 Å². The van der Waals surface area contributed by atoms with Crippen molar-refractivity contribution in [3.63, 3.8) is 0 Å². The van der Waals surface area contributed by atoms with Gasteiger partial charge in [0.25, 0.3) is 0 Å². The molecule has 0 aliphatic carbocycles. The molecule has 0 amide bonds. The molecular formula is C20H22NOP. The van der Waals surface area contributed by atoms with Gasteiger partial charge in [-0.25, -0.2) is 0 Å². The Balaban J connectivity index is 2.39. The van der Waals surface area contributed by atoms with Gasteiger partial charge in [-0.05, 0) is 0 Å². The van der Waals surface area contributed by atoms with E-state index in [0.717, 1.165) is 5.44 Å². The fraction of sp³-hybridized carbons (Fsp3) is 0.150. The molecule has 118 valence electrons.